The molecule has 1 aliphatic rings. The summed E-state index contributed by atoms with van der Waals surface area (Å²) in [4.78, 5) is 2.16. The number of nitrogens with zero attached hydrogens (tertiary/aromatic N) is 2. The highest BCUT2D eigenvalue weighted by molar-refractivity contribution is 7.81. The van der Waals surface area contributed by atoms with Crippen molar-refractivity contribution >= 4 is 24.2 Å². The van der Waals surface area contributed by atoms with Crippen molar-refractivity contribution in [2.24, 2.45) is 5.10 Å². The van der Waals surface area contributed by atoms with Crippen LogP contribution in [0.2, 0.25) is 0 Å². The standard InChI is InChI=1S/C23H39N3OS/c1-3-4-5-6-7-8-9-10-11-12-13-14-18-22-24-25-23(28)26(22)20-16-15-17-21(19-20)27-2/h15-17,19,23,25,28H,3-14,18H2,1-2H3. The molecular formula is C23H39N3OS. The second-order valence-electron chi connectivity index (χ2n) is 7.74. The summed E-state index contributed by atoms with van der Waals surface area (Å²) in [7, 11) is 1.70. The van der Waals surface area contributed by atoms with Crippen LogP contribution in [-0.4, -0.2) is 18.4 Å². The highest BCUT2D eigenvalue weighted by Crippen LogP contribution is 2.27. The van der Waals surface area contributed by atoms with Crippen LogP contribution in [0.5, 0.6) is 5.75 Å². The Hall–Kier alpha value is -1.36. The number of methoxy groups -OCH3 is 1. The smallest absolute Gasteiger partial charge is 0.165 e. The van der Waals surface area contributed by atoms with Crippen LogP contribution >= 0.6 is 12.6 Å². The highest BCUT2D eigenvalue weighted by Gasteiger charge is 2.25. The molecule has 1 unspecified atom stereocenters. The van der Waals surface area contributed by atoms with Gasteiger partial charge >= 0.3 is 0 Å². The minimum absolute atomic E-state index is 0.112. The Labute approximate surface area is 177 Å². The minimum atomic E-state index is -0.112. The Morgan fingerprint density at radius 3 is 2.18 bits per heavy atom. The number of rotatable bonds is 15. The second kappa shape index (κ2) is 13.8. The summed E-state index contributed by atoms with van der Waals surface area (Å²) in [5.41, 5.74) is 4.05. The maximum Gasteiger partial charge on any atom is 0.165 e. The third-order valence-electron chi connectivity index (χ3n) is 5.42. The molecule has 5 heteroatoms. The Bertz CT molecular complexity index is 579. The van der Waals surface area contributed by atoms with Crippen LogP contribution in [0.4, 0.5) is 5.69 Å². The number of benzene rings is 1. The van der Waals surface area contributed by atoms with Gasteiger partial charge in [-0.15, -0.1) is 12.6 Å². The summed E-state index contributed by atoms with van der Waals surface area (Å²) in [6, 6.07) is 8.08. The summed E-state index contributed by atoms with van der Waals surface area (Å²) < 4.78 is 5.35. The number of anilines is 1. The fourth-order valence-corrected chi connectivity index (χ4v) is 4.06. The normalized spacial score (nSPS) is 16.2. The van der Waals surface area contributed by atoms with Crippen LogP contribution in [0.25, 0.3) is 0 Å². The number of unbranched alkanes of at least 4 members (excludes halogenated alkanes) is 11. The van der Waals surface area contributed by atoms with Crippen LogP contribution < -0.4 is 15.1 Å². The van der Waals surface area contributed by atoms with Gasteiger partial charge in [-0.2, -0.15) is 5.10 Å². The first-order chi connectivity index (χ1) is 13.8. The lowest BCUT2D eigenvalue weighted by atomic mass is 10.0. The van der Waals surface area contributed by atoms with Gasteiger partial charge in [-0.25, -0.2) is 0 Å². The fraction of sp³-hybridized carbons (Fsp3) is 0.696. The Morgan fingerprint density at radius 2 is 1.57 bits per heavy atom. The SMILES string of the molecule is CCCCCCCCCCCCCCC1=NNC(S)N1c1cccc(OC)c1. The number of hydrogen-bond donors (Lipinski definition) is 2. The van der Waals surface area contributed by atoms with Crippen molar-refractivity contribution in [3.05, 3.63) is 24.3 Å². The molecule has 1 aliphatic heterocycles. The number of ether oxygens (including phenoxy) is 1. The van der Waals surface area contributed by atoms with Gasteiger partial charge in [-0.3, -0.25) is 10.3 Å². The predicted octanol–water partition coefficient (Wildman–Crippen LogP) is 6.72. The van der Waals surface area contributed by atoms with Crippen LogP contribution in [0.1, 0.15) is 90.4 Å². The lowest BCUT2D eigenvalue weighted by Gasteiger charge is -2.24. The van der Waals surface area contributed by atoms with Crippen LogP contribution in [0.15, 0.2) is 29.4 Å². The molecule has 0 radical (unpaired) electrons. The second-order valence-corrected chi connectivity index (χ2v) is 8.23. The molecule has 1 atom stereocenters. The summed E-state index contributed by atoms with van der Waals surface area (Å²) in [6.45, 7) is 2.28. The van der Waals surface area contributed by atoms with E-state index in [0.29, 0.717) is 0 Å². The van der Waals surface area contributed by atoms with Crippen molar-refractivity contribution < 1.29 is 4.74 Å². The van der Waals surface area contributed by atoms with Crippen LogP contribution in [0, 0.1) is 0 Å². The average Bonchev–Trinajstić information content (AvgIpc) is 3.09. The van der Waals surface area contributed by atoms with E-state index in [0.717, 1.165) is 23.7 Å². The van der Waals surface area contributed by atoms with Gasteiger partial charge in [0, 0.05) is 18.2 Å². The minimum Gasteiger partial charge on any atom is -0.497 e. The molecule has 0 aliphatic carbocycles. The van der Waals surface area contributed by atoms with Gasteiger partial charge in [-0.05, 0) is 18.6 Å². The van der Waals surface area contributed by atoms with Gasteiger partial charge in [0.25, 0.3) is 0 Å². The monoisotopic (exact) mass is 405 g/mol. The van der Waals surface area contributed by atoms with Gasteiger partial charge in [-0.1, -0.05) is 83.6 Å². The molecule has 0 aromatic heterocycles. The van der Waals surface area contributed by atoms with E-state index in [-0.39, 0.29) is 5.50 Å². The number of amidine groups is 1. The summed E-state index contributed by atoms with van der Waals surface area (Å²) >= 11 is 4.62. The summed E-state index contributed by atoms with van der Waals surface area (Å²) in [5.74, 6) is 1.93. The van der Waals surface area contributed by atoms with Gasteiger partial charge in [0.2, 0.25) is 0 Å². The third-order valence-corrected chi connectivity index (χ3v) is 5.76. The molecule has 0 bridgehead atoms. The van der Waals surface area contributed by atoms with E-state index in [1.54, 1.807) is 7.11 Å². The predicted molar refractivity (Wildman–Crippen MR) is 125 cm³/mol. The summed E-state index contributed by atoms with van der Waals surface area (Å²) in [6.07, 6.45) is 17.4. The number of hydrazone groups is 1. The van der Waals surface area contributed by atoms with Gasteiger partial charge < -0.3 is 4.74 Å². The zero-order valence-electron chi connectivity index (χ0n) is 17.8. The molecule has 1 heterocycles. The first-order valence-corrected chi connectivity index (χ1v) is 11.7. The molecule has 1 aromatic rings. The van der Waals surface area contributed by atoms with Crippen molar-refractivity contribution in [3.8, 4) is 5.75 Å². The molecule has 158 valence electrons. The van der Waals surface area contributed by atoms with Gasteiger partial charge in [0.15, 0.2) is 5.50 Å². The van der Waals surface area contributed by atoms with E-state index >= 15 is 0 Å². The van der Waals surface area contributed by atoms with Crippen molar-refractivity contribution in [2.75, 3.05) is 12.0 Å². The number of thiol groups is 1. The molecule has 28 heavy (non-hydrogen) atoms. The van der Waals surface area contributed by atoms with Crippen LogP contribution in [0.3, 0.4) is 0 Å². The molecule has 0 fully saturated rings. The molecule has 0 amide bonds. The first-order valence-electron chi connectivity index (χ1n) is 11.2. The zero-order valence-corrected chi connectivity index (χ0v) is 18.7. The molecule has 2 rings (SSSR count). The Balaban J connectivity index is 1.58. The Morgan fingerprint density at radius 1 is 0.964 bits per heavy atom. The number of hydrogen-bond acceptors (Lipinski definition) is 5. The maximum atomic E-state index is 5.35. The van der Waals surface area contributed by atoms with E-state index in [4.69, 9.17) is 4.74 Å². The molecule has 0 spiro atoms. The molecule has 0 saturated carbocycles. The maximum absolute atomic E-state index is 5.35. The molecule has 1 N–H and O–H groups in total. The van der Waals surface area contributed by atoms with E-state index < -0.39 is 0 Å². The van der Waals surface area contributed by atoms with E-state index in [1.165, 1.54) is 77.0 Å². The molecule has 4 nitrogen and oxygen atoms in total. The topological polar surface area (TPSA) is 36.9 Å². The van der Waals surface area contributed by atoms with Crippen molar-refractivity contribution in [1.29, 1.82) is 0 Å². The largest absolute Gasteiger partial charge is 0.497 e. The highest BCUT2D eigenvalue weighted by atomic mass is 32.1. The molecular weight excluding hydrogens is 366 g/mol. The van der Waals surface area contributed by atoms with E-state index in [1.807, 2.05) is 18.2 Å². The lowest BCUT2D eigenvalue weighted by molar-refractivity contribution is 0.415. The number of nitrogens with one attached hydrogen (secondary N) is 1. The van der Waals surface area contributed by atoms with Gasteiger partial charge in [0.05, 0.1) is 7.11 Å². The van der Waals surface area contributed by atoms with E-state index in [2.05, 4.69) is 41.0 Å². The van der Waals surface area contributed by atoms with E-state index in [9.17, 15) is 0 Å². The quantitative estimate of drug-likeness (QED) is 0.251. The van der Waals surface area contributed by atoms with Gasteiger partial charge in [0.1, 0.15) is 11.6 Å². The fourth-order valence-electron chi connectivity index (χ4n) is 3.74. The first kappa shape index (κ1) is 22.9. The Kier molecular flexibility index (Phi) is 11.3. The third kappa shape index (κ3) is 7.94. The van der Waals surface area contributed by atoms with Crippen molar-refractivity contribution in [3.63, 3.8) is 0 Å². The summed E-state index contributed by atoms with van der Waals surface area (Å²) in [5, 5.41) is 4.49. The van der Waals surface area contributed by atoms with Crippen LogP contribution in [-0.2, 0) is 0 Å². The molecule has 1 aromatic carbocycles. The molecule has 0 saturated heterocycles. The zero-order chi connectivity index (χ0) is 20.0. The van der Waals surface area contributed by atoms with Crippen molar-refractivity contribution in [2.45, 2.75) is 95.9 Å². The lowest BCUT2D eigenvalue weighted by Crippen LogP contribution is -2.36. The average molecular weight is 406 g/mol. The van der Waals surface area contributed by atoms with Crippen molar-refractivity contribution in [1.82, 2.24) is 5.43 Å².